The Morgan fingerprint density at radius 2 is 1.80 bits per heavy atom. The van der Waals surface area contributed by atoms with E-state index in [9.17, 15) is 14.0 Å². The largest absolute Gasteiger partial charge is 0.377 e. The summed E-state index contributed by atoms with van der Waals surface area (Å²) in [5.41, 5.74) is 2.40. The Bertz CT molecular complexity index is 763. The van der Waals surface area contributed by atoms with E-state index in [4.69, 9.17) is 11.6 Å². The van der Waals surface area contributed by atoms with Crippen LogP contribution in [0.1, 0.15) is 15.9 Å². The van der Waals surface area contributed by atoms with Crippen LogP contribution in [0.15, 0.2) is 42.5 Å². The molecular formula is C18H19ClFN3O2. The number of carbonyl (C=O) groups is 2. The topological polar surface area (TPSA) is 61.4 Å². The molecule has 5 nitrogen and oxygen atoms in total. The summed E-state index contributed by atoms with van der Waals surface area (Å²) < 4.78 is 12.9. The monoisotopic (exact) mass is 363 g/mol. The van der Waals surface area contributed by atoms with Crippen molar-refractivity contribution >= 4 is 34.8 Å². The van der Waals surface area contributed by atoms with Gasteiger partial charge in [-0.15, -0.1) is 11.6 Å². The first-order valence-electron chi connectivity index (χ1n) is 7.60. The summed E-state index contributed by atoms with van der Waals surface area (Å²) in [7, 11) is 3.65. The van der Waals surface area contributed by atoms with Crippen LogP contribution in [0.25, 0.3) is 0 Å². The zero-order valence-electron chi connectivity index (χ0n) is 14.0. The van der Waals surface area contributed by atoms with Gasteiger partial charge in [0.15, 0.2) is 0 Å². The lowest BCUT2D eigenvalue weighted by atomic mass is 10.1. The third kappa shape index (κ3) is 5.19. The van der Waals surface area contributed by atoms with E-state index in [1.807, 2.05) is 14.1 Å². The molecule has 0 saturated heterocycles. The van der Waals surface area contributed by atoms with Crippen molar-refractivity contribution in [2.24, 2.45) is 0 Å². The second kappa shape index (κ2) is 8.48. The lowest BCUT2D eigenvalue weighted by molar-refractivity contribution is -0.113. The highest BCUT2D eigenvalue weighted by Crippen LogP contribution is 2.23. The van der Waals surface area contributed by atoms with Crippen LogP contribution >= 0.6 is 11.6 Å². The summed E-state index contributed by atoms with van der Waals surface area (Å²) in [5, 5.41) is 5.42. The number of hydrogen-bond donors (Lipinski definition) is 2. The minimum Gasteiger partial charge on any atom is -0.377 e. The van der Waals surface area contributed by atoms with E-state index in [0.29, 0.717) is 16.9 Å². The number of anilines is 2. The predicted octanol–water partition coefficient (Wildman–Crippen LogP) is 3.00. The summed E-state index contributed by atoms with van der Waals surface area (Å²) in [6, 6.07) is 11.0. The molecule has 0 unspecified atom stereocenters. The fraction of sp³-hybridized carbons (Fsp3) is 0.222. The zero-order valence-corrected chi connectivity index (χ0v) is 14.7. The molecule has 2 aromatic carbocycles. The van der Waals surface area contributed by atoms with Crippen molar-refractivity contribution in [3.05, 3.63) is 59.4 Å². The maximum absolute atomic E-state index is 12.9. The van der Waals surface area contributed by atoms with Gasteiger partial charge >= 0.3 is 0 Å². The number of halogens is 2. The highest BCUT2D eigenvalue weighted by Gasteiger charge is 2.14. The Balaban J connectivity index is 2.18. The fourth-order valence-electron chi connectivity index (χ4n) is 2.26. The van der Waals surface area contributed by atoms with Crippen molar-refractivity contribution in [1.82, 2.24) is 5.32 Å². The third-order valence-corrected chi connectivity index (χ3v) is 3.74. The Labute approximate surface area is 150 Å². The van der Waals surface area contributed by atoms with Crippen LogP contribution < -0.4 is 15.5 Å². The maximum Gasteiger partial charge on any atom is 0.253 e. The van der Waals surface area contributed by atoms with Gasteiger partial charge in [0.1, 0.15) is 11.7 Å². The van der Waals surface area contributed by atoms with E-state index >= 15 is 0 Å². The molecule has 2 aromatic rings. The fourth-order valence-corrected chi connectivity index (χ4v) is 2.33. The van der Waals surface area contributed by atoms with Gasteiger partial charge in [-0.25, -0.2) is 4.39 Å². The SMILES string of the molecule is CN(C)c1ccc(NC(=O)CCl)cc1C(=O)NCc1ccc(F)cc1. The van der Waals surface area contributed by atoms with Gasteiger partial charge in [-0.1, -0.05) is 12.1 Å². The molecule has 0 saturated carbocycles. The van der Waals surface area contributed by atoms with E-state index < -0.39 is 0 Å². The second-order valence-electron chi connectivity index (χ2n) is 5.62. The average molecular weight is 364 g/mol. The van der Waals surface area contributed by atoms with Crippen LogP contribution in [0, 0.1) is 5.82 Å². The second-order valence-corrected chi connectivity index (χ2v) is 5.88. The summed E-state index contributed by atoms with van der Waals surface area (Å²) in [6.07, 6.45) is 0. The van der Waals surface area contributed by atoms with Crippen LogP contribution in [0.3, 0.4) is 0 Å². The average Bonchev–Trinajstić information content (AvgIpc) is 2.60. The van der Waals surface area contributed by atoms with E-state index in [1.165, 1.54) is 12.1 Å². The molecule has 0 aliphatic heterocycles. The first-order valence-corrected chi connectivity index (χ1v) is 8.14. The molecule has 0 bridgehead atoms. The first kappa shape index (κ1) is 18.7. The molecule has 2 amide bonds. The molecule has 132 valence electrons. The number of nitrogens with one attached hydrogen (secondary N) is 2. The molecular weight excluding hydrogens is 345 g/mol. The number of alkyl halides is 1. The first-order chi connectivity index (χ1) is 11.9. The van der Waals surface area contributed by atoms with Crippen LogP contribution in [0.5, 0.6) is 0 Å². The van der Waals surface area contributed by atoms with Gasteiger partial charge < -0.3 is 15.5 Å². The number of rotatable bonds is 6. The van der Waals surface area contributed by atoms with Gasteiger partial charge in [0.05, 0.1) is 5.56 Å². The highest BCUT2D eigenvalue weighted by atomic mass is 35.5. The Hall–Kier alpha value is -2.60. The lowest BCUT2D eigenvalue weighted by Gasteiger charge is -2.18. The van der Waals surface area contributed by atoms with Crippen LogP contribution in [-0.2, 0) is 11.3 Å². The van der Waals surface area contributed by atoms with Gasteiger partial charge in [0.25, 0.3) is 5.91 Å². The summed E-state index contributed by atoms with van der Waals surface area (Å²) in [5.74, 6) is -1.14. The highest BCUT2D eigenvalue weighted by molar-refractivity contribution is 6.29. The van der Waals surface area contributed by atoms with E-state index in [-0.39, 0.29) is 30.1 Å². The van der Waals surface area contributed by atoms with E-state index in [0.717, 1.165) is 5.56 Å². The number of hydrogen-bond acceptors (Lipinski definition) is 3. The standard InChI is InChI=1S/C18H19ClFN3O2/c1-23(2)16-8-7-14(22-17(24)10-19)9-15(16)18(25)21-11-12-3-5-13(20)6-4-12/h3-9H,10-11H2,1-2H3,(H,21,25)(H,22,24). The van der Waals surface area contributed by atoms with Crippen molar-refractivity contribution in [1.29, 1.82) is 0 Å². The number of carbonyl (C=O) groups excluding carboxylic acids is 2. The lowest BCUT2D eigenvalue weighted by Crippen LogP contribution is -2.25. The van der Waals surface area contributed by atoms with Gasteiger partial charge in [0.2, 0.25) is 5.91 Å². The van der Waals surface area contributed by atoms with E-state index in [1.54, 1.807) is 35.2 Å². The quantitative estimate of drug-likeness (QED) is 0.775. The Morgan fingerprint density at radius 3 is 2.40 bits per heavy atom. The van der Waals surface area contributed by atoms with Crippen molar-refractivity contribution in [3.63, 3.8) is 0 Å². The van der Waals surface area contributed by atoms with Crippen molar-refractivity contribution in [2.75, 3.05) is 30.2 Å². The molecule has 0 spiro atoms. The Morgan fingerprint density at radius 1 is 1.12 bits per heavy atom. The number of benzene rings is 2. The molecule has 0 fully saturated rings. The van der Waals surface area contributed by atoms with Crippen LogP contribution in [-0.4, -0.2) is 31.8 Å². The van der Waals surface area contributed by atoms with Gasteiger partial charge in [-0.2, -0.15) is 0 Å². The normalized spacial score (nSPS) is 10.2. The molecule has 0 atom stereocenters. The molecule has 0 aliphatic rings. The van der Waals surface area contributed by atoms with Gasteiger partial charge in [0, 0.05) is 32.0 Å². The number of amides is 2. The summed E-state index contributed by atoms with van der Waals surface area (Å²) >= 11 is 5.49. The molecule has 0 aromatic heterocycles. The maximum atomic E-state index is 12.9. The van der Waals surface area contributed by atoms with E-state index in [2.05, 4.69) is 10.6 Å². The summed E-state index contributed by atoms with van der Waals surface area (Å²) in [4.78, 5) is 25.8. The van der Waals surface area contributed by atoms with Crippen molar-refractivity contribution < 1.29 is 14.0 Å². The minimum absolute atomic E-state index is 0.165. The van der Waals surface area contributed by atoms with Crippen molar-refractivity contribution in [3.8, 4) is 0 Å². The van der Waals surface area contributed by atoms with Gasteiger partial charge in [-0.3, -0.25) is 9.59 Å². The molecule has 7 heteroatoms. The predicted molar refractivity (Wildman–Crippen MR) is 97.7 cm³/mol. The molecule has 0 radical (unpaired) electrons. The zero-order chi connectivity index (χ0) is 18.4. The molecule has 2 rings (SSSR count). The summed E-state index contributed by atoms with van der Waals surface area (Å²) in [6.45, 7) is 0.268. The molecule has 25 heavy (non-hydrogen) atoms. The minimum atomic E-state index is -0.350. The molecule has 2 N–H and O–H groups in total. The Kier molecular flexibility index (Phi) is 6.36. The third-order valence-electron chi connectivity index (χ3n) is 3.49. The molecule has 0 aliphatic carbocycles. The van der Waals surface area contributed by atoms with Gasteiger partial charge in [-0.05, 0) is 35.9 Å². The molecule has 0 heterocycles. The number of nitrogens with zero attached hydrogens (tertiary/aromatic N) is 1. The van der Waals surface area contributed by atoms with Crippen LogP contribution in [0.4, 0.5) is 15.8 Å². The van der Waals surface area contributed by atoms with Crippen molar-refractivity contribution in [2.45, 2.75) is 6.54 Å². The smallest absolute Gasteiger partial charge is 0.253 e. The van der Waals surface area contributed by atoms with Crippen LogP contribution in [0.2, 0.25) is 0 Å².